The topological polar surface area (TPSA) is 27.0 Å². The average molecular weight is 102 g/mol. The second-order valence-corrected chi connectivity index (χ2v) is 1.54. The van der Waals surface area contributed by atoms with Crippen LogP contribution >= 0.6 is 0 Å². The van der Waals surface area contributed by atoms with Crippen LogP contribution in [0.15, 0.2) is 6.33 Å². The van der Waals surface area contributed by atoms with Crippen molar-refractivity contribution in [2.75, 3.05) is 0 Å². The Hall–Kier alpha value is -0.193. The van der Waals surface area contributed by atoms with Crippen LogP contribution in [0.25, 0.3) is 0 Å². The average Bonchev–Trinajstić information content (AvgIpc) is 1.91. The third-order valence-corrected chi connectivity index (χ3v) is 1.03. The van der Waals surface area contributed by atoms with Crippen LogP contribution < -0.4 is 23.8 Å². The second-order valence-electron chi connectivity index (χ2n) is 1.54. The van der Waals surface area contributed by atoms with Crippen molar-refractivity contribution in [1.29, 1.82) is 0 Å². The van der Waals surface area contributed by atoms with E-state index in [-0.39, 0.29) is 18.9 Å². The molecule has 0 unspecified atom stereocenters. The van der Waals surface area contributed by atoms with Crippen LogP contribution in [0.3, 0.4) is 0 Å². The molecule has 2 nitrogen and oxygen atoms in total. The maximum atomic E-state index is 3.91. The van der Waals surface area contributed by atoms with Crippen molar-refractivity contribution in [3.8, 4) is 0 Å². The minimum absolute atomic E-state index is 0. The van der Waals surface area contributed by atoms with Gasteiger partial charge in [0.25, 0.3) is 0 Å². The van der Waals surface area contributed by atoms with Crippen LogP contribution in [-0.2, 0) is 0 Å². The molecule has 0 aliphatic heterocycles. The van der Waals surface area contributed by atoms with Crippen LogP contribution in [0.5, 0.6) is 0 Å². The Morgan fingerprint density at radius 1 is 1.50 bits per heavy atom. The molecule has 0 aromatic carbocycles. The van der Waals surface area contributed by atoms with E-state index in [4.69, 9.17) is 0 Å². The molecule has 0 radical (unpaired) electrons. The van der Waals surface area contributed by atoms with E-state index in [1.165, 1.54) is 0 Å². The van der Waals surface area contributed by atoms with Gasteiger partial charge in [-0.1, -0.05) is 17.7 Å². The first-order valence-corrected chi connectivity index (χ1v) is 2.21. The van der Waals surface area contributed by atoms with Crippen LogP contribution in [0.2, 0.25) is 0 Å². The Kier molecular flexibility index (Phi) is 2.89. The molecular weight excluding hydrogens is 95.0 g/mol. The molecule has 0 aliphatic carbocycles. The number of nitrogens with zero attached hydrogens (tertiary/aromatic N) is 2. The van der Waals surface area contributed by atoms with Crippen molar-refractivity contribution < 1.29 is 18.9 Å². The molecular formula is C5H7LiN2. The maximum absolute atomic E-state index is 3.91. The van der Waals surface area contributed by atoms with Gasteiger partial charge in [0.15, 0.2) is 0 Å². The van der Waals surface area contributed by atoms with Crippen molar-refractivity contribution in [2.45, 2.75) is 13.8 Å². The maximum Gasteiger partial charge on any atom is 1.00 e. The van der Waals surface area contributed by atoms with Gasteiger partial charge in [0, 0.05) is 0 Å². The smallest absolute Gasteiger partial charge is 0.447 e. The van der Waals surface area contributed by atoms with Gasteiger partial charge in [0.05, 0.1) is 0 Å². The zero-order valence-electron chi connectivity index (χ0n) is 5.47. The summed E-state index contributed by atoms with van der Waals surface area (Å²) in [6, 6.07) is 0. The molecule has 38 valence electrons. The summed E-state index contributed by atoms with van der Waals surface area (Å²) >= 11 is 0. The van der Waals surface area contributed by atoms with E-state index >= 15 is 0 Å². The van der Waals surface area contributed by atoms with Gasteiger partial charge in [0.1, 0.15) is 0 Å². The SMILES string of the molecule is Cc1nc[n-]c1C.[Li+]. The molecule has 0 amide bonds. The fourth-order valence-electron chi connectivity index (χ4n) is 0.389. The minimum Gasteiger partial charge on any atom is -0.447 e. The van der Waals surface area contributed by atoms with Crippen molar-refractivity contribution in [3.63, 3.8) is 0 Å². The first-order valence-electron chi connectivity index (χ1n) is 2.21. The minimum atomic E-state index is 0. The Balaban J connectivity index is 0.000000490. The number of hydrogen-bond acceptors (Lipinski definition) is 1. The van der Waals surface area contributed by atoms with Crippen molar-refractivity contribution >= 4 is 0 Å². The van der Waals surface area contributed by atoms with E-state index in [2.05, 4.69) is 9.97 Å². The molecule has 1 rings (SSSR count). The van der Waals surface area contributed by atoms with Crippen LogP contribution in [0.4, 0.5) is 0 Å². The largest absolute Gasteiger partial charge is 1.00 e. The van der Waals surface area contributed by atoms with Gasteiger partial charge in [-0.05, 0) is 13.8 Å². The summed E-state index contributed by atoms with van der Waals surface area (Å²) in [5.41, 5.74) is 2.06. The molecule has 0 fully saturated rings. The Bertz CT molecular complexity index is 143. The first kappa shape index (κ1) is 7.81. The predicted octanol–water partition coefficient (Wildman–Crippen LogP) is -2.34. The summed E-state index contributed by atoms with van der Waals surface area (Å²) in [6.07, 6.45) is 1.57. The standard InChI is InChI=1S/C5H7N2.Li/c1-4-5(2)7-3-6-4;/h3H,1-2H3;/q-1;+1. The fourth-order valence-corrected chi connectivity index (χ4v) is 0.389. The van der Waals surface area contributed by atoms with E-state index in [0.717, 1.165) is 11.4 Å². The van der Waals surface area contributed by atoms with E-state index in [1.807, 2.05) is 13.8 Å². The molecule has 1 heterocycles. The Morgan fingerprint density at radius 3 is 2.25 bits per heavy atom. The zero-order valence-corrected chi connectivity index (χ0v) is 5.47. The summed E-state index contributed by atoms with van der Waals surface area (Å²) in [7, 11) is 0. The summed E-state index contributed by atoms with van der Waals surface area (Å²) in [4.78, 5) is 7.81. The van der Waals surface area contributed by atoms with E-state index in [1.54, 1.807) is 6.33 Å². The molecule has 0 atom stereocenters. The number of imidazole rings is 1. The summed E-state index contributed by atoms with van der Waals surface area (Å²) < 4.78 is 0. The molecule has 8 heavy (non-hydrogen) atoms. The number of aromatic nitrogens is 2. The summed E-state index contributed by atoms with van der Waals surface area (Å²) in [5.74, 6) is 0. The molecule has 3 heteroatoms. The number of aryl methyl sites for hydroxylation is 2. The van der Waals surface area contributed by atoms with Gasteiger partial charge in [0.2, 0.25) is 0 Å². The molecule has 0 saturated carbocycles. The summed E-state index contributed by atoms with van der Waals surface area (Å²) in [5, 5.41) is 0. The van der Waals surface area contributed by atoms with Gasteiger partial charge >= 0.3 is 18.9 Å². The van der Waals surface area contributed by atoms with Crippen molar-refractivity contribution in [3.05, 3.63) is 17.7 Å². The Morgan fingerprint density at radius 2 is 2.12 bits per heavy atom. The molecule has 0 bridgehead atoms. The molecule has 0 N–H and O–H groups in total. The molecule has 1 aromatic heterocycles. The van der Waals surface area contributed by atoms with Gasteiger partial charge in [-0.2, -0.15) is 0 Å². The zero-order chi connectivity index (χ0) is 5.28. The Labute approximate surface area is 60.9 Å². The van der Waals surface area contributed by atoms with Gasteiger partial charge in [-0.15, -0.1) is 0 Å². The van der Waals surface area contributed by atoms with Crippen LogP contribution in [0.1, 0.15) is 11.4 Å². The predicted molar refractivity (Wildman–Crippen MR) is 27.0 cm³/mol. The molecule has 0 saturated heterocycles. The normalized spacial score (nSPS) is 8.25. The van der Waals surface area contributed by atoms with Crippen LogP contribution in [0, 0.1) is 13.8 Å². The quantitative estimate of drug-likeness (QED) is 0.343. The van der Waals surface area contributed by atoms with Crippen molar-refractivity contribution in [2.24, 2.45) is 0 Å². The van der Waals surface area contributed by atoms with E-state index < -0.39 is 0 Å². The number of hydrogen-bond donors (Lipinski definition) is 0. The summed E-state index contributed by atoms with van der Waals surface area (Å²) in [6.45, 7) is 3.89. The third kappa shape index (κ3) is 1.40. The second kappa shape index (κ2) is 2.96. The molecule has 0 aliphatic rings. The van der Waals surface area contributed by atoms with Crippen LogP contribution in [-0.4, -0.2) is 4.98 Å². The van der Waals surface area contributed by atoms with E-state index in [0.29, 0.717) is 0 Å². The molecule has 1 aromatic rings. The van der Waals surface area contributed by atoms with Gasteiger partial charge in [-0.25, -0.2) is 0 Å². The number of rotatable bonds is 0. The van der Waals surface area contributed by atoms with Gasteiger partial charge in [-0.3, -0.25) is 0 Å². The molecule has 0 spiro atoms. The monoisotopic (exact) mass is 102 g/mol. The third-order valence-electron chi connectivity index (χ3n) is 1.03. The first-order chi connectivity index (χ1) is 3.30. The van der Waals surface area contributed by atoms with Crippen molar-refractivity contribution in [1.82, 2.24) is 9.97 Å². The fraction of sp³-hybridized carbons (Fsp3) is 0.400. The van der Waals surface area contributed by atoms with E-state index in [9.17, 15) is 0 Å². The van der Waals surface area contributed by atoms with Gasteiger partial charge < -0.3 is 9.97 Å².